The summed E-state index contributed by atoms with van der Waals surface area (Å²) in [6.45, 7) is 22.3. The normalized spacial score (nSPS) is 19.0. The van der Waals surface area contributed by atoms with Gasteiger partial charge in [-0.25, -0.2) is 0 Å². The second-order valence-electron chi connectivity index (χ2n) is 15.3. The highest BCUT2D eigenvalue weighted by molar-refractivity contribution is 5.83. The van der Waals surface area contributed by atoms with Gasteiger partial charge >= 0.3 is 0 Å². The van der Waals surface area contributed by atoms with E-state index in [1.807, 2.05) is 0 Å². The van der Waals surface area contributed by atoms with E-state index in [4.69, 9.17) is 0 Å². The molecule has 0 amide bonds. The molecule has 0 aromatic rings. The molecule has 0 bridgehead atoms. The number of nitrogens with zero attached hydrogens (tertiary/aromatic N) is 8. The summed E-state index contributed by atoms with van der Waals surface area (Å²) in [5, 5.41) is 0. The fraction of sp³-hybridized carbons (Fsp3) is 0.907. The van der Waals surface area contributed by atoms with Crippen molar-refractivity contribution in [3.05, 3.63) is 0 Å². The molecule has 8 nitrogen and oxygen atoms in total. The maximum absolute atomic E-state index is 4.66. The number of rotatable bonds is 18. The lowest BCUT2D eigenvalue weighted by Crippen LogP contribution is -2.35. The fourth-order valence-electron chi connectivity index (χ4n) is 6.83. The van der Waals surface area contributed by atoms with Gasteiger partial charge in [-0.2, -0.15) is 0 Å². The lowest BCUT2D eigenvalue weighted by Gasteiger charge is -2.28. The van der Waals surface area contributed by atoms with Crippen LogP contribution in [-0.4, -0.2) is 122 Å². The van der Waals surface area contributed by atoms with E-state index in [1.54, 1.807) is 0 Å². The predicted octanol–water partition coefficient (Wildman–Crippen LogP) is 10.4. The first-order valence-electron chi connectivity index (χ1n) is 21.8. The average molecular weight is 715 g/mol. The summed E-state index contributed by atoms with van der Waals surface area (Å²) in [6, 6.07) is 0.543. The van der Waals surface area contributed by atoms with Crippen LogP contribution in [0.3, 0.4) is 0 Å². The molecular formula is C43H86N8. The highest BCUT2D eigenvalue weighted by Crippen LogP contribution is 2.13. The Morgan fingerprint density at radius 2 is 0.941 bits per heavy atom. The molecule has 0 N–H and O–H groups in total. The summed E-state index contributed by atoms with van der Waals surface area (Å²) in [6.07, 6.45) is 27.6. The number of hydrogen-bond acceptors (Lipinski definition) is 8. The minimum atomic E-state index is 0.543. The van der Waals surface area contributed by atoms with Gasteiger partial charge in [0, 0.05) is 92.8 Å². The minimum Gasteiger partial charge on any atom is -0.364 e. The van der Waals surface area contributed by atoms with Gasteiger partial charge in [0.1, 0.15) is 0 Å². The van der Waals surface area contributed by atoms with Crippen molar-refractivity contribution in [1.29, 1.82) is 0 Å². The monoisotopic (exact) mass is 715 g/mol. The van der Waals surface area contributed by atoms with Gasteiger partial charge in [0.25, 0.3) is 0 Å². The zero-order chi connectivity index (χ0) is 37.5. The lowest BCUT2D eigenvalue weighted by molar-refractivity contribution is 0.401. The van der Waals surface area contributed by atoms with E-state index >= 15 is 0 Å². The third-order valence-corrected chi connectivity index (χ3v) is 10.5. The van der Waals surface area contributed by atoms with Crippen molar-refractivity contribution < 1.29 is 0 Å². The van der Waals surface area contributed by atoms with Crippen molar-refractivity contribution in [1.82, 2.24) is 19.6 Å². The summed E-state index contributed by atoms with van der Waals surface area (Å²) >= 11 is 0. The number of amidine groups is 4. The first kappa shape index (κ1) is 46.9. The highest BCUT2D eigenvalue weighted by Gasteiger charge is 2.13. The summed E-state index contributed by atoms with van der Waals surface area (Å²) < 4.78 is 0. The molecule has 0 aromatic heterocycles. The summed E-state index contributed by atoms with van der Waals surface area (Å²) in [7, 11) is 6.41. The van der Waals surface area contributed by atoms with Gasteiger partial charge in [-0.3, -0.25) is 20.0 Å². The Morgan fingerprint density at radius 1 is 0.510 bits per heavy atom. The van der Waals surface area contributed by atoms with E-state index in [0.717, 1.165) is 32.7 Å². The van der Waals surface area contributed by atoms with Crippen LogP contribution in [0.2, 0.25) is 0 Å². The Morgan fingerprint density at radius 3 is 1.39 bits per heavy atom. The van der Waals surface area contributed by atoms with Crippen LogP contribution in [0.15, 0.2) is 20.0 Å². The second-order valence-corrected chi connectivity index (χ2v) is 15.3. The molecule has 4 rings (SSSR count). The molecule has 4 aliphatic heterocycles. The van der Waals surface area contributed by atoms with E-state index in [9.17, 15) is 0 Å². The van der Waals surface area contributed by atoms with Crippen LogP contribution in [0.4, 0.5) is 0 Å². The molecule has 1 atom stereocenters. The lowest BCUT2D eigenvalue weighted by atomic mass is 10.1. The Kier molecular flexibility index (Phi) is 28.9. The second kappa shape index (κ2) is 31.4. The van der Waals surface area contributed by atoms with Gasteiger partial charge in [-0.1, -0.05) is 91.4 Å². The SMILES string of the molecule is CC1=NC(C)CCN1C.CCCCC1=NCCCN1C.CCCCCCCCC1=NCCCN1C.CCCCCCCCC1=NCCCN1CC. The molecular weight excluding hydrogens is 629 g/mol. The third-order valence-electron chi connectivity index (χ3n) is 10.5. The predicted molar refractivity (Wildman–Crippen MR) is 229 cm³/mol. The first-order chi connectivity index (χ1) is 24.8. The molecule has 0 spiro atoms. The fourth-order valence-corrected chi connectivity index (χ4v) is 6.83. The molecule has 1 unspecified atom stereocenters. The number of hydrogen-bond donors (Lipinski definition) is 0. The maximum atomic E-state index is 4.66. The minimum absolute atomic E-state index is 0.543. The van der Waals surface area contributed by atoms with Crippen molar-refractivity contribution in [2.45, 2.75) is 182 Å². The molecule has 0 saturated carbocycles. The topological polar surface area (TPSA) is 62.4 Å². The van der Waals surface area contributed by atoms with E-state index in [0.29, 0.717) is 6.04 Å². The Bertz CT molecular complexity index is 958. The third kappa shape index (κ3) is 23.2. The van der Waals surface area contributed by atoms with E-state index in [2.05, 4.69) is 102 Å². The molecule has 0 aromatic carbocycles. The summed E-state index contributed by atoms with van der Waals surface area (Å²) in [5.41, 5.74) is 0. The molecule has 4 aliphatic rings. The summed E-state index contributed by atoms with van der Waals surface area (Å²) in [5.74, 6) is 5.22. The molecule has 0 aliphatic carbocycles. The van der Waals surface area contributed by atoms with Gasteiger partial charge in [0.15, 0.2) is 0 Å². The number of unbranched alkanes of at least 4 members (excludes halogenated alkanes) is 11. The van der Waals surface area contributed by atoms with Gasteiger partial charge in [-0.15, -0.1) is 0 Å². The number of aliphatic imine (C=N–C) groups is 4. The maximum Gasteiger partial charge on any atom is 0.0988 e. The zero-order valence-corrected chi connectivity index (χ0v) is 35.7. The first-order valence-corrected chi connectivity index (χ1v) is 21.8. The van der Waals surface area contributed by atoms with Gasteiger partial charge < -0.3 is 19.6 Å². The van der Waals surface area contributed by atoms with Crippen LogP contribution in [-0.2, 0) is 0 Å². The van der Waals surface area contributed by atoms with Crippen LogP contribution in [0, 0.1) is 0 Å². The van der Waals surface area contributed by atoms with Crippen LogP contribution in [0.5, 0.6) is 0 Å². The molecule has 0 saturated heterocycles. The molecule has 298 valence electrons. The molecule has 0 radical (unpaired) electrons. The molecule has 51 heavy (non-hydrogen) atoms. The van der Waals surface area contributed by atoms with Crippen LogP contribution >= 0.6 is 0 Å². The highest BCUT2D eigenvalue weighted by atomic mass is 15.2. The summed E-state index contributed by atoms with van der Waals surface area (Å²) in [4.78, 5) is 27.4. The van der Waals surface area contributed by atoms with E-state index in [-0.39, 0.29) is 0 Å². The molecule has 8 heteroatoms. The van der Waals surface area contributed by atoms with Crippen molar-refractivity contribution in [2.24, 2.45) is 20.0 Å². The molecule has 0 fully saturated rings. The van der Waals surface area contributed by atoms with Gasteiger partial charge in [0.2, 0.25) is 0 Å². The van der Waals surface area contributed by atoms with Crippen LogP contribution in [0.1, 0.15) is 176 Å². The Labute approximate surface area is 318 Å². The van der Waals surface area contributed by atoms with Crippen LogP contribution < -0.4 is 0 Å². The van der Waals surface area contributed by atoms with Gasteiger partial charge in [-0.05, 0) is 65.7 Å². The smallest absolute Gasteiger partial charge is 0.0988 e. The van der Waals surface area contributed by atoms with E-state index in [1.165, 1.54) is 178 Å². The van der Waals surface area contributed by atoms with Crippen molar-refractivity contribution in [2.75, 3.05) is 73.5 Å². The van der Waals surface area contributed by atoms with Crippen LogP contribution in [0.25, 0.3) is 0 Å². The largest absolute Gasteiger partial charge is 0.364 e. The Hall–Kier alpha value is -2.12. The van der Waals surface area contributed by atoms with Crippen molar-refractivity contribution in [3.63, 3.8) is 0 Å². The van der Waals surface area contributed by atoms with E-state index < -0.39 is 0 Å². The standard InChI is InChI=1S/C14H28N2.C13H26N2.C9H18N2.C7H14N2/c1-3-5-6-7-8-9-11-14-15-12-10-13-16(14)4-2;1-3-4-5-6-7-8-10-13-14-11-9-12-15(13)2;1-3-4-6-9-10-7-5-8-11(9)2;1-6-4-5-9(3)7(2)8-6/h3-13H2,1-2H3;3-12H2,1-2H3;3-8H2,1-2H3;6H,4-5H2,1-3H3. The average Bonchev–Trinajstić information content (AvgIpc) is 3.14. The van der Waals surface area contributed by atoms with Crippen molar-refractivity contribution in [3.8, 4) is 0 Å². The zero-order valence-electron chi connectivity index (χ0n) is 35.7. The Balaban J connectivity index is 0.000000348. The van der Waals surface area contributed by atoms with Crippen molar-refractivity contribution >= 4 is 23.3 Å². The van der Waals surface area contributed by atoms with Gasteiger partial charge in [0.05, 0.1) is 29.4 Å². The molecule has 4 heterocycles. The quantitative estimate of drug-likeness (QED) is 0.133.